The highest BCUT2D eigenvalue weighted by Gasteiger charge is 2.37. The van der Waals surface area contributed by atoms with E-state index in [1.165, 1.54) is 7.05 Å². The summed E-state index contributed by atoms with van der Waals surface area (Å²) in [5.74, 6) is -0.850. The molecule has 0 aliphatic heterocycles. The van der Waals surface area contributed by atoms with Crippen LogP contribution in [0.3, 0.4) is 0 Å². The number of alkyl halides is 3. The molecule has 0 atom stereocenters. The predicted molar refractivity (Wildman–Crippen MR) is 50.1 cm³/mol. The Hall–Kier alpha value is -1.79. The van der Waals surface area contributed by atoms with E-state index in [-0.39, 0.29) is 11.3 Å². The Kier molecular flexibility index (Phi) is 3.36. The fraction of sp³-hybridized carbons (Fsp3) is 0.333. The molecular weight excluding hydrogens is 225 g/mol. The molecule has 0 amide bonds. The Morgan fingerprint density at radius 2 is 2.12 bits per heavy atom. The van der Waals surface area contributed by atoms with Gasteiger partial charge in [-0.1, -0.05) is 0 Å². The van der Waals surface area contributed by atoms with E-state index in [9.17, 15) is 18.0 Å². The monoisotopic (exact) mass is 234 g/mol. The number of halogens is 3. The van der Waals surface area contributed by atoms with Gasteiger partial charge in [-0.05, 0) is 6.07 Å². The molecule has 0 saturated carbocycles. The summed E-state index contributed by atoms with van der Waals surface area (Å²) in [5.41, 5.74) is -1.73. The van der Waals surface area contributed by atoms with E-state index < -0.39 is 17.8 Å². The van der Waals surface area contributed by atoms with Gasteiger partial charge in [0.15, 0.2) is 5.69 Å². The molecule has 0 aromatic carbocycles. The number of pyridine rings is 1. The Balaban J connectivity index is 3.38. The molecule has 1 N–H and O–H groups in total. The van der Waals surface area contributed by atoms with E-state index in [1.807, 2.05) is 0 Å². The van der Waals surface area contributed by atoms with Crippen molar-refractivity contribution in [1.29, 1.82) is 0 Å². The number of ether oxygens (including phenoxy) is 1. The number of hydrogen-bond acceptors (Lipinski definition) is 4. The SMILES string of the molecule is CNc1c(C(=O)OC)ccnc1C(F)(F)F. The molecule has 88 valence electrons. The Bertz CT molecular complexity index is 404. The molecule has 16 heavy (non-hydrogen) atoms. The number of hydrogen-bond donors (Lipinski definition) is 1. The number of carbonyl (C=O) groups excluding carboxylic acids is 1. The van der Waals surface area contributed by atoms with Gasteiger partial charge in [-0.15, -0.1) is 0 Å². The molecule has 0 saturated heterocycles. The third-order valence-corrected chi connectivity index (χ3v) is 1.87. The number of rotatable bonds is 2. The summed E-state index contributed by atoms with van der Waals surface area (Å²) in [6.07, 6.45) is -3.71. The third kappa shape index (κ3) is 2.23. The maximum Gasteiger partial charge on any atom is 0.435 e. The molecule has 0 bridgehead atoms. The predicted octanol–water partition coefficient (Wildman–Crippen LogP) is 1.93. The second-order valence-electron chi connectivity index (χ2n) is 2.82. The van der Waals surface area contributed by atoms with Crippen molar-refractivity contribution in [1.82, 2.24) is 4.98 Å². The number of carbonyl (C=O) groups is 1. The Labute approximate surface area is 89.4 Å². The van der Waals surface area contributed by atoms with Crippen molar-refractivity contribution < 1.29 is 22.7 Å². The smallest absolute Gasteiger partial charge is 0.435 e. The lowest BCUT2D eigenvalue weighted by Gasteiger charge is -2.13. The molecule has 0 radical (unpaired) electrons. The number of esters is 1. The minimum Gasteiger partial charge on any atom is -0.465 e. The first kappa shape index (κ1) is 12.3. The van der Waals surface area contributed by atoms with Crippen LogP contribution in [0.4, 0.5) is 18.9 Å². The Morgan fingerprint density at radius 1 is 1.50 bits per heavy atom. The quantitative estimate of drug-likeness (QED) is 0.794. The first-order chi connectivity index (χ1) is 7.41. The number of nitrogens with zero attached hydrogens (tertiary/aromatic N) is 1. The number of methoxy groups -OCH3 is 1. The maximum absolute atomic E-state index is 12.5. The zero-order chi connectivity index (χ0) is 12.3. The van der Waals surface area contributed by atoms with Crippen LogP contribution in [0.5, 0.6) is 0 Å². The topological polar surface area (TPSA) is 51.2 Å². The van der Waals surface area contributed by atoms with Crippen LogP contribution >= 0.6 is 0 Å². The van der Waals surface area contributed by atoms with E-state index in [2.05, 4.69) is 15.0 Å². The van der Waals surface area contributed by atoms with Crippen LogP contribution in [0.1, 0.15) is 16.1 Å². The summed E-state index contributed by atoms with van der Waals surface area (Å²) in [6.45, 7) is 0. The lowest BCUT2D eigenvalue weighted by Crippen LogP contribution is -2.15. The van der Waals surface area contributed by atoms with E-state index in [0.717, 1.165) is 19.4 Å². The van der Waals surface area contributed by atoms with Gasteiger partial charge in [0.2, 0.25) is 0 Å². The molecule has 7 heteroatoms. The van der Waals surface area contributed by atoms with Crippen molar-refractivity contribution in [2.24, 2.45) is 0 Å². The molecule has 4 nitrogen and oxygen atoms in total. The van der Waals surface area contributed by atoms with Crippen molar-refractivity contribution in [2.75, 3.05) is 19.5 Å². The van der Waals surface area contributed by atoms with Crippen LogP contribution < -0.4 is 5.32 Å². The lowest BCUT2D eigenvalue weighted by molar-refractivity contribution is -0.140. The highest BCUT2D eigenvalue weighted by atomic mass is 19.4. The summed E-state index contributed by atoms with van der Waals surface area (Å²) >= 11 is 0. The number of nitrogens with one attached hydrogen (secondary N) is 1. The van der Waals surface area contributed by atoms with Gasteiger partial charge < -0.3 is 10.1 Å². The van der Waals surface area contributed by atoms with Crippen LogP contribution in [0.2, 0.25) is 0 Å². The van der Waals surface area contributed by atoms with Crippen molar-refractivity contribution in [3.8, 4) is 0 Å². The maximum atomic E-state index is 12.5. The third-order valence-electron chi connectivity index (χ3n) is 1.87. The molecule has 1 aromatic rings. The molecule has 0 aliphatic carbocycles. The van der Waals surface area contributed by atoms with Gasteiger partial charge >= 0.3 is 12.1 Å². The van der Waals surface area contributed by atoms with Crippen LogP contribution in [0, 0.1) is 0 Å². The zero-order valence-electron chi connectivity index (χ0n) is 8.55. The van der Waals surface area contributed by atoms with Gasteiger partial charge in [-0.25, -0.2) is 9.78 Å². The minimum atomic E-state index is -4.62. The highest BCUT2D eigenvalue weighted by Crippen LogP contribution is 2.34. The summed E-state index contributed by atoms with van der Waals surface area (Å²) in [6, 6.07) is 1.16. The van der Waals surface area contributed by atoms with Crippen LogP contribution in [-0.2, 0) is 10.9 Å². The summed E-state index contributed by atoms with van der Waals surface area (Å²) < 4.78 is 42.0. The average molecular weight is 234 g/mol. The molecular formula is C9H9F3N2O2. The molecule has 1 rings (SSSR count). The van der Waals surface area contributed by atoms with E-state index in [4.69, 9.17) is 0 Å². The molecule has 0 aliphatic rings. The second kappa shape index (κ2) is 4.38. The van der Waals surface area contributed by atoms with Crippen molar-refractivity contribution in [3.05, 3.63) is 23.5 Å². The fourth-order valence-corrected chi connectivity index (χ4v) is 1.21. The summed E-state index contributed by atoms with van der Waals surface area (Å²) in [4.78, 5) is 14.4. The minimum absolute atomic E-state index is 0.202. The second-order valence-corrected chi connectivity index (χ2v) is 2.82. The zero-order valence-corrected chi connectivity index (χ0v) is 8.55. The highest BCUT2D eigenvalue weighted by molar-refractivity contribution is 5.96. The normalized spacial score (nSPS) is 11.1. The van der Waals surface area contributed by atoms with E-state index >= 15 is 0 Å². The standard InChI is InChI=1S/C9H9F3N2O2/c1-13-6-5(8(15)16-2)3-4-14-7(6)9(10,11)12/h3-4,13H,1-2H3. The van der Waals surface area contributed by atoms with Crippen molar-refractivity contribution in [3.63, 3.8) is 0 Å². The summed E-state index contributed by atoms with van der Waals surface area (Å²) in [5, 5.41) is 2.30. The fourth-order valence-electron chi connectivity index (χ4n) is 1.21. The lowest BCUT2D eigenvalue weighted by atomic mass is 10.1. The van der Waals surface area contributed by atoms with Gasteiger partial charge in [0, 0.05) is 13.2 Å². The molecule has 1 aromatic heterocycles. The van der Waals surface area contributed by atoms with E-state index in [1.54, 1.807) is 0 Å². The van der Waals surface area contributed by atoms with Crippen molar-refractivity contribution in [2.45, 2.75) is 6.18 Å². The van der Waals surface area contributed by atoms with Gasteiger partial charge in [0.1, 0.15) is 0 Å². The van der Waals surface area contributed by atoms with Crippen molar-refractivity contribution >= 4 is 11.7 Å². The van der Waals surface area contributed by atoms with Gasteiger partial charge in [-0.2, -0.15) is 13.2 Å². The summed E-state index contributed by atoms with van der Waals surface area (Å²) in [7, 11) is 2.37. The molecule has 0 fully saturated rings. The average Bonchev–Trinajstić information content (AvgIpc) is 2.25. The van der Waals surface area contributed by atoms with Gasteiger partial charge in [-0.3, -0.25) is 0 Å². The van der Waals surface area contributed by atoms with Crippen LogP contribution in [-0.4, -0.2) is 25.1 Å². The van der Waals surface area contributed by atoms with Crippen LogP contribution in [0.25, 0.3) is 0 Å². The van der Waals surface area contributed by atoms with E-state index in [0.29, 0.717) is 0 Å². The first-order valence-corrected chi connectivity index (χ1v) is 4.24. The molecule has 1 heterocycles. The number of aromatic nitrogens is 1. The van der Waals surface area contributed by atoms with Crippen LogP contribution in [0.15, 0.2) is 12.3 Å². The Morgan fingerprint density at radius 3 is 2.56 bits per heavy atom. The van der Waals surface area contributed by atoms with Gasteiger partial charge in [0.05, 0.1) is 18.4 Å². The largest absolute Gasteiger partial charge is 0.465 e. The first-order valence-electron chi connectivity index (χ1n) is 4.24. The van der Waals surface area contributed by atoms with Gasteiger partial charge in [0.25, 0.3) is 0 Å². The number of anilines is 1. The molecule has 0 unspecified atom stereocenters. The molecule has 0 spiro atoms.